The van der Waals surface area contributed by atoms with E-state index in [-0.39, 0.29) is 5.82 Å². The van der Waals surface area contributed by atoms with Crippen LogP contribution < -0.4 is 5.73 Å². The van der Waals surface area contributed by atoms with Crippen LogP contribution >= 0.6 is 0 Å². The number of nitrogens with two attached hydrogens (primary N) is 1. The van der Waals surface area contributed by atoms with E-state index in [4.69, 9.17) is 5.73 Å². The second-order valence-corrected chi connectivity index (χ2v) is 4.10. The molecule has 0 fully saturated rings. The topological polar surface area (TPSA) is 51.8 Å². The van der Waals surface area contributed by atoms with Gasteiger partial charge in [-0.3, -0.25) is 0 Å². The highest BCUT2D eigenvalue weighted by Gasteiger charge is 2.12. The first kappa shape index (κ1) is 12.6. The third-order valence-corrected chi connectivity index (χ3v) is 2.96. The van der Waals surface area contributed by atoms with Crippen LogP contribution in [-0.4, -0.2) is 9.97 Å². The summed E-state index contributed by atoms with van der Waals surface area (Å²) in [5, 5.41) is 0. The second-order valence-electron chi connectivity index (χ2n) is 4.10. The van der Waals surface area contributed by atoms with Crippen molar-refractivity contribution in [3.63, 3.8) is 0 Å². The lowest BCUT2D eigenvalue weighted by molar-refractivity contribution is 0.629. The zero-order valence-electron chi connectivity index (χ0n) is 10.6. The highest BCUT2D eigenvalue weighted by Crippen LogP contribution is 2.21. The van der Waals surface area contributed by atoms with Gasteiger partial charge in [-0.15, -0.1) is 0 Å². The van der Waals surface area contributed by atoms with Crippen molar-refractivity contribution in [1.29, 1.82) is 0 Å². The maximum atomic E-state index is 13.7. The summed E-state index contributed by atoms with van der Waals surface area (Å²) in [7, 11) is 0. The van der Waals surface area contributed by atoms with E-state index >= 15 is 0 Å². The fraction of sp³-hybridized carbons (Fsp3) is 0.286. The van der Waals surface area contributed by atoms with E-state index in [1.165, 1.54) is 6.07 Å². The summed E-state index contributed by atoms with van der Waals surface area (Å²) in [6.45, 7) is 4.28. The fourth-order valence-corrected chi connectivity index (χ4v) is 2.05. The van der Waals surface area contributed by atoms with Gasteiger partial charge in [0.2, 0.25) is 0 Å². The Morgan fingerprint density at radius 2 is 1.94 bits per heavy atom. The van der Waals surface area contributed by atoms with E-state index in [1.807, 2.05) is 13.8 Å². The van der Waals surface area contributed by atoms with Crippen LogP contribution in [0.15, 0.2) is 24.3 Å². The molecule has 0 saturated carbocycles. The molecule has 2 N–H and O–H groups in total. The molecule has 0 aliphatic rings. The monoisotopic (exact) mass is 245 g/mol. The van der Waals surface area contributed by atoms with Gasteiger partial charge in [-0.05, 0) is 31.0 Å². The van der Waals surface area contributed by atoms with Gasteiger partial charge in [-0.2, -0.15) is 0 Å². The molecule has 0 saturated heterocycles. The van der Waals surface area contributed by atoms with Crippen LogP contribution in [0.3, 0.4) is 0 Å². The van der Waals surface area contributed by atoms with Gasteiger partial charge < -0.3 is 5.73 Å². The molecular weight excluding hydrogens is 229 g/mol. The molecule has 3 nitrogen and oxygen atoms in total. The molecule has 2 rings (SSSR count). The number of aromatic nitrogens is 2. The average Bonchev–Trinajstić information content (AvgIpc) is 2.38. The van der Waals surface area contributed by atoms with Gasteiger partial charge in [0.15, 0.2) is 5.82 Å². The predicted molar refractivity (Wildman–Crippen MR) is 69.4 cm³/mol. The van der Waals surface area contributed by atoms with Crippen LogP contribution in [-0.2, 0) is 13.0 Å². The Morgan fingerprint density at radius 1 is 1.22 bits per heavy atom. The van der Waals surface area contributed by atoms with Crippen molar-refractivity contribution in [3.05, 3.63) is 47.0 Å². The summed E-state index contributed by atoms with van der Waals surface area (Å²) < 4.78 is 13.7. The number of nitrogens with zero attached hydrogens (tertiary/aromatic N) is 2. The van der Waals surface area contributed by atoms with E-state index in [0.717, 1.165) is 23.4 Å². The fourth-order valence-electron chi connectivity index (χ4n) is 2.05. The third-order valence-electron chi connectivity index (χ3n) is 2.96. The van der Waals surface area contributed by atoms with Crippen LogP contribution in [0.1, 0.15) is 23.9 Å². The Kier molecular flexibility index (Phi) is 3.67. The first-order valence-corrected chi connectivity index (χ1v) is 5.98. The van der Waals surface area contributed by atoms with Crippen LogP contribution in [0.2, 0.25) is 0 Å². The lowest BCUT2D eigenvalue weighted by Crippen LogP contribution is -2.09. The summed E-state index contributed by atoms with van der Waals surface area (Å²) in [4.78, 5) is 8.75. The molecule has 0 bridgehead atoms. The zero-order chi connectivity index (χ0) is 13.1. The molecule has 0 aliphatic heterocycles. The van der Waals surface area contributed by atoms with Crippen LogP contribution in [0, 0.1) is 12.7 Å². The minimum Gasteiger partial charge on any atom is -0.325 e. The van der Waals surface area contributed by atoms with Crippen molar-refractivity contribution >= 4 is 0 Å². The maximum absolute atomic E-state index is 13.7. The Morgan fingerprint density at radius 3 is 2.56 bits per heavy atom. The van der Waals surface area contributed by atoms with E-state index in [2.05, 4.69) is 9.97 Å². The van der Waals surface area contributed by atoms with E-state index in [9.17, 15) is 4.39 Å². The lowest BCUT2D eigenvalue weighted by atomic mass is 10.1. The molecule has 0 atom stereocenters. The van der Waals surface area contributed by atoms with Crippen molar-refractivity contribution in [1.82, 2.24) is 9.97 Å². The quantitative estimate of drug-likeness (QED) is 0.904. The SMILES string of the molecule is CCc1c(C)nc(-c2ccccc2F)nc1CN. The molecule has 1 heterocycles. The molecule has 2 aromatic rings. The second kappa shape index (κ2) is 5.23. The Bertz CT molecular complexity index is 567. The van der Waals surface area contributed by atoms with Crippen molar-refractivity contribution in [3.8, 4) is 11.4 Å². The average molecular weight is 245 g/mol. The molecule has 0 aliphatic carbocycles. The molecule has 0 unspecified atom stereocenters. The van der Waals surface area contributed by atoms with Gasteiger partial charge in [-0.1, -0.05) is 19.1 Å². The first-order chi connectivity index (χ1) is 8.67. The summed E-state index contributed by atoms with van der Waals surface area (Å²) >= 11 is 0. The van der Waals surface area contributed by atoms with Gasteiger partial charge in [0.25, 0.3) is 0 Å². The van der Waals surface area contributed by atoms with Gasteiger partial charge in [0.05, 0.1) is 11.3 Å². The Labute approximate surface area is 106 Å². The summed E-state index contributed by atoms with van der Waals surface area (Å²) in [5.41, 5.74) is 8.83. The normalized spacial score (nSPS) is 10.7. The molecule has 1 aromatic heterocycles. The number of benzene rings is 1. The van der Waals surface area contributed by atoms with Crippen molar-refractivity contribution in [2.45, 2.75) is 26.8 Å². The number of halogens is 1. The third kappa shape index (κ3) is 2.24. The Hall–Kier alpha value is -1.81. The number of aryl methyl sites for hydroxylation is 1. The van der Waals surface area contributed by atoms with Gasteiger partial charge in [0.1, 0.15) is 5.82 Å². The van der Waals surface area contributed by atoms with Crippen LogP contribution in [0.4, 0.5) is 4.39 Å². The number of rotatable bonds is 3. The van der Waals surface area contributed by atoms with Gasteiger partial charge >= 0.3 is 0 Å². The molecule has 18 heavy (non-hydrogen) atoms. The van der Waals surface area contributed by atoms with Crippen molar-refractivity contribution in [2.24, 2.45) is 5.73 Å². The highest BCUT2D eigenvalue weighted by molar-refractivity contribution is 5.56. The van der Waals surface area contributed by atoms with Gasteiger partial charge in [0, 0.05) is 12.2 Å². The molecule has 0 radical (unpaired) electrons. The summed E-state index contributed by atoms with van der Waals surface area (Å²) in [5.74, 6) is 0.0902. The summed E-state index contributed by atoms with van der Waals surface area (Å²) in [6.07, 6.45) is 0.829. The minimum absolute atomic E-state index is 0.316. The van der Waals surface area contributed by atoms with E-state index in [0.29, 0.717) is 17.9 Å². The minimum atomic E-state index is -0.316. The zero-order valence-corrected chi connectivity index (χ0v) is 10.6. The predicted octanol–water partition coefficient (Wildman–Crippen LogP) is 2.61. The highest BCUT2D eigenvalue weighted by atomic mass is 19.1. The van der Waals surface area contributed by atoms with E-state index in [1.54, 1.807) is 18.2 Å². The molecule has 1 aromatic carbocycles. The standard InChI is InChI=1S/C14H16FN3/c1-3-10-9(2)17-14(18-13(10)8-16)11-6-4-5-7-12(11)15/h4-7H,3,8,16H2,1-2H3. The number of hydrogen-bond donors (Lipinski definition) is 1. The largest absolute Gasteiger partial charge is 0.325 e. The van der Waals surface area contributed by atoms with Gasteiger partial charge in [-0.25, -0.2) is 14.4 Å². The van der Waals surface area contributed by atoms with E-state index < -0.39 is 0 Å². The molecule has 94 valence electrons. The van der Waals surface area contributed by atoms with Crippen LogP contribution in [0.25, 0.3) is 11.4 Å². The lowest BCUT2D eigenvalue weighted by Gasteiger charge is -2.11. The maximum Gasteiger partial charge on any atom is 0.162 e. The smallest absolute Gasteiger partial charge is 0.162 e. The Balaban J connectivity index is 2.60. The molecule has 0 spiro atoms. The number of hydrogen-bond acceptors (Lipinski definition) is 3. The van der Waals surface area contributed by atoms with Crippen molar-refractivity contribution < 1.29 is 4.39 Å². The summed E-state index contributed by atoms with van der Waals surface area (Å²) in [6, 6.07) is 6.50. The molecular formula is C14H16FN3. The molecule has 0 amide bonds. The first-order valence-electron chi connectivity index (χ1n) is 5.98. The van der Waals surface area contributed by atoms with Crippen molar-refractivity contribution in [2.75, 3.05) is 0 Å². The molecule has 4 heteroatoms. The van der Waals surface area contributed by atoms with Crippen LogP contribution in [0.5, 0.6) is 0 Å².